The van der Waals surface area contributed by atoms with Crippen molar-refractivity contribution in [1.82, 2.24) is 14.9 Å². The van der Waals surface area contributed by atoms with Crippen molar-refractivity contribution in [3.05, 3.63) is 65.5 Å². The number of fused-ring (bicyclic) bond motifs is 1. The lowest BCUT2D eigenvalue weighted by molar-refractivity contribution is 0.0770. The molecule has 1 aliphatic rings. The van der Waals surface area contributed by atoms with Gasteiger partial charge in [-0.15, -0.1) is 0 Å². The zero-order valence-corrected chi connectivity index (χ0v) is 14.0. The van der Waals surface area contributed by atoms with Gasteiger partial charge < -0.3 is 15.0 Å². The van der Waals surface area contributed by atoms with Crippen LogP contribution >= 0.6 is 0 Å². The number of amides is 1. The molecule has 2 aromatic heterocycles. The first-order valence-corrected chi connectivity index (χ1v) is 8.34. The monoisotopic (exact) mass is 333 g/mol. The number of rotatable bonds is 2. The largest absolute Gasteiger partial charge is 0.507 e. The number of carbonyl (C=O) groups excluding carboxylic acids is 1. The molecule has 0 atom stereocenters. The highest BCUT2D eigenvalue weighted by molar-refractivity contribution is 5.98. The number of aryl methyl sites for hydroxylation is 1. The molecule has 3 heterocycles. The van der Waals surface area contributed by atoms with Crippen LogP contribution in [0.5, 0.6) is 5.75 Å². The van der Waals surface area contributed by atoms with Crippen LogP contribution in [0, 0.1) is 6.92 Å². The number of H-pyrrole nitrogens is 1. The summed E-state index contributed by atoms with van der Waals surface area (Å²) in [6.07, 6.45) is 6.62. The Morgan fingerprint density at radius 3 is 3.00 bits per heavy atom. The van der Waals surface area contributed by atoms with Gasteiger partial charge in [-0.3, -0.25) is 4.79 Å². The molecule has 0 aliphatic carbocycles. The summed E-state index contributed by atoms with van der Waals surface area (Å²) in [7, 11) is 0. The minimum Gasteiger partial charge on any atom is -0.507 e. The van der Waals surface area contributed by atoms with Gasteiger partial charge in [0.25, 0.3) is 5.91 Å². The SMILES string of the molecule is Cc1ccc(O)c(C(=O)N2CC=C(c3c[nH]c4ncccc34)CC2)c1. The van der Waals surface area contributed by atoms with Crippen molar-refractivity contribution in [2.45, 2.75) is 13.3 Å². The zero-order valence-electron chi connectivity index (χ0n) is 14.0. The summed E-state index contributed by atoms with van der Waals surface area (Å²) < 4.78 is 0. The third-order valence-electron chi connectivity index (χ3n) is 4.68. The molecule has 126 valence electrons. The molecule has 4 rings (SSSR count). The molecular formula is C20H19N3O2. The van der Waals surface area contributed by atoms with Crippen LogP contribution in [-0.4, -0.2) is 39.0 Å². The number of carbonyl (C=O) groups is 1. The minimum absolute atomic E-state index is 0.0353. The Bertz CT molecular complexity index is 988. The topological polar surface area (TPSA) is 69.2 Å². The molecule has 1 aromatic carbocycles. The molecular weight excluding hydrogens is 314 g/mol. The first kappa shape index (κ1) is 15.4. The molecule has 0 saturated heterocycles. The van der Waals surface area contributed by atoms with E-state index in [9.17, 15) is 9.90 Å². The number of nitrogens with one attached hydrogen (secondary N) is 1. The van der Waals surface area contributed by atoms with Gasteiger partial charge in [-0.2, -0.15) is 0 Å². The predicted molar refractivity (Wildman–Crippen MR) is 97.4 cm³/mol. The maximum absolute atomic E-state index is 12.7. The average Bonchev–Trinajstić information content (AvgIpc) is 3.07. The number of aromatic hydroxyl groups is 1. The van der Waals surface area contributed by atoms with Crippen molar-refractivity contribution < 1.29 is 9.90 Å². The van der Waals surface area contributed by atoms with Gasteiger partial charge in [-0.25, -0.2) is 4.98 Å². The Balaban J connectivity index is 1.58. The van der Waals surface area contributed by atoms with E-state index in [1.807, 2.05) is 19.2 Å². The van der Waals surface area contributed by atoms with E-state index in [0.29, 0.717) is 18.7 Å². The molecule has 5 nitrogen and oxygen atoms in total. The van der Waals surface area contributed by atoms with Crippen molar-refractivity contribution >= 4 is 22.5 Å². The molecule has 0 radical (unpaired) electrons. The fourth-order valence-corrected chi connectivity index (χ4v) is 3.31. The molecule has 0 fully saturated rings. The van der Waals surface area contributed by atoms with Crippen molar-refractivity contribution in [2.75, 3.05) is 13.1 Å². The molecule has 25 heavy (non-hydrogen) atoms. The van der Waals surface area contributed by atoms with E-state index in [4.69, 9.17) is 0 Å². The minimum atomic E-state index is -0.128. The first-order valence-electron chi connectivity index (χ1n) is 8.34. The second kappa shape index (κ2) is 6.09. The van der Waals surface area contributed by atoms with Crippen LogP contribution in [0.15, 0.2) is 48.8 Å². The molecule has 3 aromatic rings. The Morgan fingerprint density at radius 1 is 1.32 bits per heavy atom. The fraction of sp³-hybridized carbons (Fsp3) is 0.200. The first-order chi connectivity index (χ1) is 12.1. The Kier molecular flexibility index (Phi) is 3.76. The van der Waals surface area contributed by atoms with E-state index in [1.54, 1.807) is 29.3 Å². The van der Waals surface area contributed by atoms with Gasteiger partial charge in [0, 0.05) is 36.4 Å². The number of nitrogens with zero attached hydrogens (tertiary/aromatic N) is 2. The third kappa shape index (κ3) is 2.78. The van der Waals surface area contributed by atoms with Crippen LogP contribution in [0.4, 0.5) is 0 Å². The summed E-state index contributed by atoms with van der Waals surface area (Å²) in [5, 5.41) is 11.1. The Morgan fingerprint density at radius 2 is 2.20 bits per heavy atom. The molecule has 2 N–H and O–H groups in total. The lowest BCUT2D eigenvalue weighted by atomic mass is 9.99. The van der Waals surface area contributed by atoms with Gasteiger partial charge in [0.15, 0.2) is 0 Å². The molecule has 5 heteroatoms. The number of pyridine rings is 1. The van der Waals surface area contributed by atoms with Crippen molar-refractivity contribution in [3.63, 3.8) is 0 Å². The van der Waals surface area contributed by atoms with E-state index in [1.165, 1.54) is 5.57 Å². The van der Waals surface area contributed by atoms with E-state index in [0.717, 1.165) is 28.6 Å². The summed E-state index contributed by atoms with van der Waals surface area (Å²) in [6, 6.07) is 9.09. The van der Waals surface area contributed by atoms with Crippen LogP contribution < -0.4 is 0 Å². The van der Waals surface area contributed by atoms with Crippen molar-refractivity contribution in [3.8, 4) is 5.75 Å². The highest BCUT2D eigenvalue weighted by Gasteiger charge is 2.22. The molecule has 0 saturated carbocycles. The summed E-state index contributed by atoms with van der Waals surface area (Å²) >= 11 is 0. The zero-order chi connectivity index (χ0) is 17.4. The Hall–Kier alpha value is -3.08. The number of hydrogen-bond donors (Lipinski definition) is 2. The smallest absolute Gasteiger partial charge is 0.257 e. The van der Waals surface area contributed by atoms with Gasteiger partial charge in [-0.05, 0) is 43.2 Å². The van der Waals surface area contributed by atoms with Crippen LogP contribution in [0.3, 0.4) is 0 Å². The summed E-state index contributed by atoms with van der Waals surface area (Å²) in [4.78, 5) is 22.0. The third-order valence-corrected chi connectivity index (χ3v) is 4.68. The number of benzene rings is 1. The van der Waals surface area contributed by atoms with Gasteiger partial charge in [0.1, 0.15) is 11.4 Å². The fourth-order valence-electron chi connectivity index (χ4n) is 3.31. The highest BCUT2D eigenvalue weighted by atomic mass is 16.3. The summed E-state index contributed by atoms with van der Waals surface area (Å²) in [5.41, 5.74) is 4.57. The number of hydrogen-bond acceptors (Lipinski definition) is 3. The lowest BCUT2D eigenvalue weighted by Crippen LogP contribution is -2.34. The standard InChI is InChI=1S/C20H19N3O2/c1-13-4-5-18(24)16(11-13)20(25)23-9-6-14(7-10-23)17-12-22-19-15(17)3-2-8-21-19/h2-6,8,11-12,24H,7,9-10H2,1H3,(H,21,22). The summed E-state index contributed by atoms with van der Waals surface area (Å²) in [5.74, 6) is -0.0924. The van der Waals surface area contributed by atoms with Crippen LogP contribution in [-0.2, 0) is 0 Å². The van der Waals surface area contributed by atoms with Crippen molar-refractivity contribution in [1.29, 1.82) is 0 Å². The second-order valence-corrected chi connectivity index (χ2v) is 6.35. The van der Waals surface area contributed by atoms with E-state index >= 15 is 0 Å². The molecule has 0 unspecified atom stereocenters. The van der Waals surface area contributed by atoms with Gasteiger partial charge in [0.2, 0.25) is 0 Å². The number of aromatic amines is 1. The normalized spacial score (nSPS) is 14.6. The van der Waals surface area contributed by atoms with E-state index in [2.05, 4.69) is 22.1 Å². The van der Waals surface area contributed by atoms with Gasteiger partial charge in [0.05, 0.1) is 5.56 Å². The number of aromatic nitrogens is 2. The maximum atomic E-state index is 12.7. The average molecular weight is 333 g/mol. The second-order valence-electron chi connectivity index (χ2n) is 6.35. The maximum Gasteiger partial charge on any atom is 0.257 e. The van der Waals surface area contributed by atoms with Gasteiger partial charge in [-0.1, -0.05) is 17.7 Å². The number of phenols is 1. The Labute approximate surface area is 145 Å². The van der Waals surface area contributed by atoms with Crippen LogP contribution in [0.2, 0.25) is 0 Å². The quantitative estimate of drug-likeness (QED) is 0.754. The summed E-state index contributed by atoms with van der Waals surface area (Å²) in [6.45, 7) is 3.08. The van der Waals surface area contributed by atoms with Crippen LogP contribution in [0.1, 0.15) is 27.9 Å². The molecule has 0 bridgehead atoms. The van der Waals surface area contributed by atoms with E-state index < -0.39 is 0 Å². The predicted octanol–water partition coefficient (Wildman–Crippen LogP) is 3.51. The van der Waals surface area contributed by atoms with Crippen molar-refractivity contribution in [2.24, 2.45) is 0 Å². The van der Waals surface area contributed by atoms with E-state index in [-0.39, 0.29) is 11.7 Å². The molecule has 1 aliphatic heterocycles. The molecule has 0 spiro atoms. The highest BCUT2D eigenvalue weighted by Crippen LogP contribution is 2.29. The van der Waals surface area contributed by atoms with Crippen LogP contribution in [0.25, 0.3) is 16.6 Å². The lowest BCUT2D eigenvalue weighted by Gasteiger charge is -2.27. The number of phenolic OH excluding ortho intramolecular Hbond substituents is 1. The van der Waals surface area contributed by atoms with Gasteiger partial charge >= 0.3 is 0 Å². The molecule has 1 amide bonds.